The van der Waals surface area contributed by atoms with Gasteiger partial charge >= 0.3 is 12.6 Å². The van der Waals surface area contributed by atoms with Crippen molar-refractivity contribution in [1.82, 2.24) is 4.57 Å². The summed E-state index contributed by atoms with van der Waals surface area (Å²) in [6.45, 7) is 3.96. The molecule has 0 unspecified atom stereocenters. The predicted molar refractivity (Wildman–Crippen MR) is 122 cm³/mol. The van der Waals surface area contributed by atoms with Crippen LogP contribution in [0.25, 0.3) is 16.7 Å². The number of hydrogen-bond acceptors (Lipinski definition) is 5. The van der Waals surface area contributed by atoms with E-state index in [4.69, 9.17) is 9.15 Å². The van der Waals surface area contributed by atoms with Crippen molar-refractivity contribution in [2.45, 2.75) is 40.4 Å². The third-order valence-electron chi connectivity index (χ3n) is 5.70. The molecule has 34 heavy (non-hydrogen) atoms. The van der Waals surface area contributed by atoms with Gasteiger partial charge in [0.2, 0.25) is 11.5 Å². The van der Waals surface area contributed by atoms with Crippen LogP contribution in [0.4, 0.5) is 8.78 Å². The lowest BCUT2D eigenvalue weighted by Crippen LogP contribution is -2.25. The summed E-state index contributed by atoms with van der Waals surface area (Å²) in [7, 11) is 0. The molecule has 0 radical (unpaired) electrons. The van der Waals surface area contributed by atoms with Crippen LogP contribution < -0.4 is 4.74 Å². The van der Waals surface area contributed by atoms with Crippen LogP contribution in [0.15, 0.2) is 59.0 Å². The Kier molecular flexibility index (Phi) is 6.24. The van der Waals surface area contributed by atoms with E-state index < -0.39 is 18.7 Å². The van der Waals surface area contributed by atoms with E-state index in [0.717, 1.165) is 11.1 Å². The fraction of sp³-hybridized carbons (Fsp3) is 0.231. The lowest BCUT2D eigenvalue weighted by molar-refractivity contribution is -0.0498. The maximum absolute atomic E-state index is 13.1. The van der Waals surface area contributed by atoms with Crippen molar-refractivity contribution >= 4 is 22.7 Å². The Morgan fingerprint density at radius 3 is 2.32 bits per heavy atom. The van der Waals surface area contributed by atoms with Crippen molar-refractivity contribution in [3.63, 3.8) is 0 Å². The molecule has 4 aromatic rings. The van der Waals surface area contributed by atoms with Gasteiger partial charge in [-0.1, -0.05) is 18.2 Å². The minimum absolute atomic E-state index is 0.0407. The van der Waals surface area contributed by atoms with E-state index in [1.54, 1.807) is 38.1 Å². The lowest BCUT2D eigenvalue weighted by Gasteiger charge is -2.13. The van der Waals surface area contributed by atoms with Crippen molar-refractivity contribution in [1.29, 1.82) is 0 Å². The molecule has 0 saturated heterocycles. The molecule has 0 aliphatic rings. The summed E-state index contributed by atoms with van der Waals surface area (Å²) in [6, 6.07) is 15.1. The molecule has 2 aromatic carbocycles. The molecule has 2 heterocycles. The number of ketones is 1. The summed E-state index contributed by atoms with van der Waals surface area (Å²) < 4.78 is 42.1. The minimum Gasteiger partial charge on any atom is -0.449 e. The smallest absolute Gasteiger partial charge is 0.387 e. The van der Waals surface area contributed by atoms with Crippen LogP contribution in [0, 0.1) is 20.8 Å². The Labute approximate surface area is 194 Å². The highest BCUT2D eigenvalue weighted by Crippen LogP contribution is 2.27. The van der Waals surface area contributed by atoms with E-state index in [-0.39, 0.29) is 17.3 Å². The summed E-state index contributed by atoms with van der Waals surface area (Å²) in [4.78, 5) is 25.9. The number of furan rings is 1. The number of carbonyl (C=O) groups excluding carboxylic acids is 2. The zero-order chi connectivity index (χ0) is 24.6. The summed E-state index contributed by atoms with van der Waals surface area (Å²) in [5.41, 5.74) is 3.69. The van der Waals surface area contributed by atoms with Crippen LogP contribution in [0.3, 0.4) is 0 Å². The van der Waals surface area contributed by atoms with E-state index in [2.05, 4.69) is 4.74 Å². The Morgan fingerprint density at radius 1 is 1.00 bits per heavy atom. The number of benzene rings is 2. The number of carbonyl (C=O) groups is 2. The van der Waals surface area contributed by atoms with Gasteiger partial charge in [-0.25, -0.2) is 4.79 Å². The van der Waals surface area contributed by atoms with Gasteiger partial charge in [0.25, 0.3) is 0 Å². The lowest BCUT2D eigenvalue weighted by atomic mass is 10.1. The molecule has 0 spiro atoms. The maximum Gasteiger partial charge on any atom is 0.387 e. The monoisotopic (exact) mass is 467 g/mol. The van der Waals surface area contributed by atoms with Gasteiger partial charge in [0.15, 0.2) is 6.10 Å². The third-order valence-corrected chi connectivity index (χ3v) is 5.70. The largest absolute Gasteiger partial charge is 0.449 e. The first-order valence-corrected chi connectivity index (χ1v) is 10.6. The van der Waals surface area contributed by atoms with Gasteiger partial charge < -0.3 is 18.5 Å². The predicted octanol–water partition coefficient (Wildman–Crippen LogP) is 6.18. The highest BCUT2D eigenvalue weighted by atomic mass is 19.3. The molecule has 0 bridgehead atoms. The number of rotatable bonds is 7. The zero-order valence-corrected chi connectivity index (χ0v) is 19.1. The van der Waals surface area contributed by atoms with Gasteiger partial charge in [0, 0.05) is 33.6 Å². The summed E-state index contributed by atoms with van der Waals surface area (Å²) >= 11 is 0. The number of alkyl halides is 2. The SMILES string of the molecule is Cc1c(C(=O)O[C@@H](C)C(=O)c2cc(C)n(-c3ccc(OC(F)F)cc3)c2C)oc2ccccc12. The van der Waals surface area contributed by atoms with E-state index in [9.17, 15) is 18.4 Å². The summed E-state index contributed by atoms with van der Waals surface area (Å²) in [6.07, 6.45) is -1.05. The molecule has 1 atom stereocenters. The zero-order valence-electron chi connectivity index (χ0n) is 19.1. The Balaban J connectivity index is 1.54. The number of Topliss-reactive ketones (excluding diaryl/α,β-unsaturated/α-hetero) is 1. The minimum atomic E-state index is -2.90. The third kappa shape index (κ3) is 4.31. The van der Waals surface area contributed by atoms with Crippen LogP contribution in [-0.2, 0) is 4.74 Å². The molecule has 4 rings (SSSR count). The van der Waals surface area contributed by atoms with Crippen LogP contribution in [0.5, 0.6) is 5.75 Å². The first-order valence-electron chi connectivity index (χ1n) is 10.6. The van der Waals surface area contributed by atoms with E-state index in [0.29, 0.717) is 28.1 Å². The highest BCUT2D eigenvalue weighted by Gasteiger charge is 2.27. The Bertz CT molecular complexity index is 1370. The number of esters is 1. The van der Waals surface area contributed by atoms with Crippen molar-refractivity contribution in [3.05, 3.63) is 82.9 Å². The van der Waals surface area contributed by atoms with Gasteiger partial charge in [-0.05, 0) is 64.1 Å². The fourth-order valence-corrected chi connectivity index (χ4v) is 4.04. The number of para-hydroxylation sites is 1. The number of fused-ring (bicyclic) bond motifs is 1. The first kappa shape index (κ1) is 23.2. The van der Waals surface area contributed by atoms with Crippen molar-refractivity contribution in [2.75, 3.05) is 0 Å². The quantitative estimate of drug-likeness (QED) is 0.240. The number of aryl methyl sites for hydroxylation is 2. The highest BCUT2D eigenvalue weighted by molar-refractivity contribution is 6.03. The Hall–Kier alpha value is -3.94. The summed E-state index contributed by atoms with van der Waals surface area (Å²) in [5.74, 6) is -0.964. The van der Waals surface area contributed by atoms with Crippen LogP contribution >= 0.6 is 0 Å². The van der Waals surface area contributed by atoms with Gasteiger partial charge in [0.1, 0.15) is 11.3 Å². The molecule has 0 fully saturated rings. The number of hydrogen-bond donors (Lipinski definition) is 0. The molecule has 6 nitrogen and oxygen atoms in total. The van der Waals surface area contributed by atoms with Crippen molar-refractivity contribution in [3.8, 4) is 11.4 Å². The van der Waals surface area contributed by atoms with E-state index in [1.165, 1.54) is 19.1 Å². The summed E-state index contributed by atoms with van der Waals surface area (Å²) in [5, 5.41) is 0.807. The Morgan fingerprint density at radius 2 is 1.68 bits per heavy atom. The first-order chi connectivity index (χ1) is 16.2. The maximum atomic E-state index is 13.1. The average Bonchev–Trinajstić information content (AvgIpc) is 3.29. The topological polar surface area (TPSA) is 70.7 Å². The average molecular weight is 467 g/mol. The number of aromatic nitrogens is 1. The molecule has 0 amide bonds. The number of ether oxygens (including phenoxy) is 2. The molecule has 0 saturated carbocycles. The second kappa shape index (κ2) is 9.13. The van der Waals surface area contributed by atoms with Crippen LogP contribution in [-0.4, -0.2) is 29.0 Å². The van der Waals surface area contributed by atoms with Gasteiger partial charge in [-0.3, -0.25) is 4.79 Å². The van der Waals surface area contributed by atoms with Gasteiger partial charge in [-0.2, -0.15) is 8.78 Å². The number of nitrogens with zero attached hydrogens (tertiary/aromatic N) is 1. The molecular formula is C26H23F2NO5. The van der Waals surface area contributed by atoms with Crippen LogP contribution in [0.2, 0.25) is 0 Å². The molecule has 0 aliphatic carbocycles. The van der Waals surface area contributed by atoms with Crippen LogP contribution in [0.1, 0.15) is 44.8 Å². The fourth-order valence-electron chi connectivity index (χ4n) is 4.04. The second-order valence-electron chi connectivity index (χ2n) is 7.96. The molecular weight excluding hydrogens is 444 g/mol. The molecule has 2 aromatic heterocycles. The normalized spacial score (nSPS) is 12.2. The molecule has 8 heteroatoms. The van der Waals surface area contributed by atoms with Gasteiger partial charge in [0.05, 0.1) is 0 Å². The van der Waals surface area contributed by atoms with E-state index >= 15 is 0 Å². The van der Waals surface area contributed by atoms with Gasteiger partial charge in [-0.15, -0.1) is 0 Å². The molecule has 176 valence electrons. The van der Waals surface area contributed by atoms with E-state index in [1.807, 2.05) is 29.7 Å². The number of halogens is 2. The second-order valence-corrected chi connectivity index (χ2v) is 7.96. The van der Waals surface area contributed by atoms with Crippen molar-refractivity contribution in [2.24, 2.45) is 0 Å². The molecule has 0 aliphatic heterocycles. The standard InChI is InChI=1S/C26H23F2NO5/c1-14-13-21(16(3)29(14)18-9-11-19(12-10-18)33-26(27)28)23(30)17(4)32-25(31)24-15(2)20-7-5-6-8-22(20)34-24/h5-13,17,26H,1-4H3/t17-/m0/s1. The van der Waals surface area contributed by atoms with Crippen molar-refractivity contribution < 1.29 is 32.3 Å². The molecule has 0 N–H and O–H groups in total.